The van der Waals surface area contributed by atoms with Crippen molar-refractivity contribution in [2.24, 2.45) is 0 Å². The van der Waals surface area contributed by atoms with Crippen LogP contribution in [-0.2, 0) is 4.79 Å². The summed E-state index contributed by atoms with van der Waals surface area (Å²) in [6, 6.07) is 0. The van der Waals surface area contributed by atoms with Crippen LogP contribution < -0.4 is 5.32 Å². The van der Waals surface area contributed by atoms with Gasteiger partial charge in [-0.05, 0) is 32.1 Å². The van der Waals surface area contributed by atoms with Crippen LogP contribution in [0.15, 0.2) is 12.2 Å². The Bertz CT molecular complexity index is 303. The lowest BCUT2D eigenvalue weighted by molar-refractivity contribution is -0.123. The van der Waals surface area contributed by atoms with E-state index in [4.69, 9.17) is 10.2 Å². The van der Waals surface area contributed by atoms with Crippen LogP contribution in [-0.4, -0.2) is 29.0 Å². The minimum absolute atomic E-state index is 0.0795. The third-order valence-electron chi connectivity index (χ3n) is 4.15. The van der Waals surface area contributed by atoms with Gasteiger partial charge in [0.25, 0.3) is 0 Å². The summed E-state index contributed by atoms with van der Waals surface area (Å²) in [4.78, 5) is 11.3. The molecule has 4 nitrogen and oxygen atoms in total. The van der Waals surface area contributed by atoms with E-state index in [0.717, 1.165) is 12.8 Å². The minimum atomic E-state index is -1.46. The van der Waals surface area contributed by atoms with E-state index in [0.29, 0.717) is 6.42 Å². The van der Waals surface area contributed by atoms with Gasteiger partial charge in [0.2, 0.25) is 5.91 Å². The summed E-state index contributed by atoms with van der Waals surface area (Å²) in [7, 11) is 0. The number of aliphatic hydroxyl groups is 2. The largest absolute Gasteiger partial charge is 0.367 e. The van der Waals surface area contributed by atoms with Gasteiger partial charge in [-0.25, -0.2) is 0 Å². The average molecular weight is 342 g/mol. The zero-order valence-corrected chi connectivity index (χ0v) is 15.6. The lowest BCUT2D eigenvalue weighted by Crippen LogP contribution is -2.31. The second-order valence-corrected chi connectivity index (χ2v) is 6.62. The molecule has 0 aromatic heterocycles. The first-order valence-electron chi connectivity index (χ1n) is 9.94. The molecule has 0 saturated carbocycles. The van der Waals surface area contributed by atoms with Crippen molar-refractivity contribution >= 4 is 5.91 Å². The van der Waals surface area contributed by atoms with Crippen LogP contribution in [0.4, 0.5) is 0 Å². The van der Waals surface area contributed by atoms with Gasteiger partial charge in [0.05, 0.1) is 6.54 Å². The van der Waals surface area contributed by atoms with Gasteiger partial charge in [-0.1, -0.05) is 70.4 Å². The monoisotopic (exact) mass is 341 g/mol. The minimum Gasteiger partial charge on any atom is -0.367 e. The molecule has 0 spiro atoms. The summed E-state index contributed by atoms with van der Waals surface area (Å²) in [6.07, 6.45) is 19.8. The molecule has 0 rings (SSSR count). The smallest absolute Gasteiger partial charge is 0.220 e. The first-order chi connectivity index (χ1) is 11.7. The van der Waals surface area contributed by atoms with Crippen LogP contribution in [0.3, 0.4) is 0 Å². The highest BCUT2D eigenvalue weighted by Gasteiger charge is 2.03. The van der Waals surface area contributed by atoms with Crippen molar-refractivity contribution in [3.05, 3.63) is 12.2 Å². The Morgan fingerprint density at radius 3 is 1.88 bits per heavy atom. The molecule has 3 N–H and O–H groups in total. The molecule has 0 atom stereocenters. The number of unbranched alkanes of at least 4 members (excludes halogenated alkanes) is 11. The van der Waals surface area contributed by atoms with E-state index < -0.39 is 6.29 Å². The van der Waals surface area contributed by atoms with Crippen LogP contribution in [0.5, 0.6) is 0 Å². The van der Waals surface area contributed by atoms with Gasteiger partial charge in [0.1, 0.15) is 0 Å². The van der Waals surface area contributed by atoms with E-state index in [1.165, 1.54) is 70.6 Å². The van der Waals surface area contributed by atoms with Crippen molar-refractivity contribution in [1.29, 1.82) is 0 Å². The highest BCUT2D eigenvalue weighted by molar-refractivity contribution is 5.75. The quantitative estimate of drug-likeness (QED) is 0.208. The molecule has 0 aliphatic heterocycles. The van der Waals surface area contributed by atoms with Gasteiger partial charge in [-0.2, -0.15) is 0 Å². The fourth-order valence-corrected chi connectivity index (χ4v) is 2.65. The van der Waals surface area contributed by atoms with E-state index in [-0.39, 0.29) is 12.5 Å². The number of aliphatic hydroxyl groups excluding tert-OH is 1. The molecule has 142 valence electrons. The third-order valence-corrected chi connectivity index (χ3v) is 4.15. The van der Waals surface area contributed by atoms with Gasteiger partial charge in [-0.3, -0.25) is 4.79 Å². The van der Waals surface area contributed by atoms with Gasteiger partial charge in [0.15, 0.2) is 6.29 Å². The molecule has 0 bridgehead atoms. The van der Waals surface area contributed by atoms with Crippen LogP contribution in [0, 0.1) is 0 Å². The Morgan fingerprint density at radius 2 is 1.33 bits per heavy atom. The number of allylic oxidation sites excluding steroid dienone is 2. The van der Waals surface area contributed by atoms with Crippen LogP contribution >= 0.6 is 0 Å². The maximum atomic E-state index is 11.3. The van der Waals surface area contributed by atoms with Crippen molar-refractivity contribution in [3.8, 4) is 0 Å². The summed E-state index contributed by atoms with van der Waals surface area (Å²) < 4.78 is 0. The van der Waals surface area contributed by atoms with E-state index in [2.05, 4.69) is 24.4 Å². The number of nitrogens with one attached hydrogen (secondary N) is 1. The molecule has 0 radical (unpaired) electrons. The molecule has 0 saturated heterocycles. The SMILES string of the molecule is CCCCCCCC/C=C\CCCCCCCC(=O)NCC(O)O. The molecular weight excluding hydrogens is 302 g/mol. The van der Waals surface area contributed by atoms with Crippen molar-refractivity contribution in [1.82, 2.24) is 5.32 Å². The molecule has 0 unspecified atom stereocenters. The first-order valence-corrected chi connectivity index (χ1v) is 9.94. The van der Waals surface area contributed by atoms with E-state index in [1.54, 1.807) is 0 Å². The fraction of sp³-hybridized carbons (Fsp3) is 0.850. The summed E-state index contributed by atoms with van der Waals surface area (Å²) in [5, 5.41) is 19.8. The number of hydrogen-bond donors (Lipinski definition) is 3. The van der Waals surface area contributed by atoms with E-state index in [1.807, 2.05) is 0 Å². The number of carbonyl (C=O) groups excluding carboxylic acids is 1. The van der Waals surface area contributed by atoms with Crippen LogP contribution in [0.25, 0.3) is 0 Å². The number of hydrogen-bond acceptors (Lipinski definition) is 3. The highest BCUT2D eigenvalue weighted by Crippen LogP contribution is 2.09. The van der Waals surface area contributed by atoms with Gasteiger partial charge in [-0.15, -0.1) is 0 Å². The van der Waals surface area contributed by atoms with Crippen LogP contribution in [0.2, 0.25) is 0 Å². The Hall–Kier alpha value is -0.870. The predicted molar refractivity (Wildman–Crippen MR) is 101 cm³/mol. The number of rotatable bonds is 17. The zero-order chi connectivity index (χ0) is 17.9. The maximum absolute atomic E-state index is 11.3. The van der Waals surface area contributed by atoms with Gasteiger partial charge in [0, 0.05) is 6.42 Å². The molecule has 0 aromatic carbocycles. The van der Waals surface area contributed by atoms with Crippen molar-refractivity contribution < 1.29 is 15.0 Å². The lowest BCUT2D eigenvalue weighted by atomic mass is 10.1. The second-order valence-electron chi connectivity index (χ2n) is 6.62. The first kappa shape index (κ1) is 23.1. The summed E-state index contributed by atoms with van der Waals surface area (Å²) in [6.45, 7) is 2.18. The number of amides is 1. The van der Waals surface area contributed by atoms with E-state index in [9.17, 15) is 4.79 Å². The fourth-order valence-electron chi connectivity index (χ4n) is 2.65. The standard InChI is InChI=1S/C20H39NO3/c1-2-3-4-5-6-7-8-9-10-11-12-13-14-15-16-17-19(22)21-18-20(23)24/h9-10,20,23-24H,2-8,11-18H2,1H3,(H,21,22)/b10-9-. The maximum Gasteiger partial charge on any atom is 0.220 e. The van der Waals surface area contributed by atoms with Crippen molar-refractivity contribution in [2.75, 3.05) is 6.54 Å². The predicted octanol–water partition coefficient (Wildman–Crippen LogP) is 4.45. The zero-order valence-electron chi connectivity index (χ0n) is 15.6. The molecule has 0 aliphatic rings. The summed E-state index contributed by atoms with van der Waals surface area (Å²) in [5.74, 6) is -0.0965. The summed E-state index contributed by atoms with van der Waals surface area (Å²) in [5.41, 5.74) is 0. The third kappa shape index (κ3) is 19.2. The number of carbonyl (C=O) groups is 1. The Labute approximate surface area is 148 Å². The molecule has 0 heterocycles. The van der Waals surface area contributed by atoms with Gasteiger partial charge < -0.3 is 15.5 Å². The van der Waals surface area contributed by atoms with Crippen LogP contribution in [0.1, 0.15) is 96.8 Å². The second kappa shape index (κ2) is 18.5. The molecule has 0 aliphatic carbocycles. The molecule has 4 heteroatoms. The Balaban J connectivity index is 3.19. The Kier molecular flexibility index (Phi) is 17.8. The molecular formula is C20H39NO3. The normalized spacial score (nSPS) is 11.5. The van der Waals surface area contributed by atoms with E-state index >= 15 is 0 Å². The van der Waals surface area contributed by atoms with Crippen molar-refractivity contribution in [3.63, 3.8) is 0 Å². The highest BCUT2D eigenvalue weighted by atomic mass is 16.5. The topological polar surface area (TPSA) is 69.6 Å². The molecule has 1 amide bonds. The molecule has 0 aromatic rings. The summed E-state index contributed by atoms with van der Waals surface area (Å²) >= 11 is 0. The Morgan fingerprint density at radius 1 is 0.833 bits per heavy atom. The van der Waals surface area contributed by atoms with Gasteiger partial charge >= 0.3 is 0 Å². The molecule has 24 heavy (non-hydrogen) atoms. The van der Waals surface area contributed by atoms with Crippen molar-refractivity contribution in [2.45, 2.75) is 103 Å². The average Bonchev–Trinajstić information content (AvgIpc) is 2.56. The molecule has 0 fully saturated rings. The lowest BCUT2D eigenvalue weighted by Gasteiger charge is -2.06.